The number of hydrogen-bond donors (Lipinski definition) is 2. The Bertz CT molecular complexity index is 354. The highest BCUT2D eigenvalue weighted by Gasteiger charge is 2.35. The van der Waals surface area contributed by atoms with E-state index in [0.29, 0.717) is 11.6 Å². The highest BCUT2D eigenvalue weighted by Crippen LogP contribution is 2.31. The summed E-state index contributed by atoms with van der Waals surface area (Å²) in [6.45, 7) is 0.675. The normalized spacial score (nSPS) is 18.2. The summed E-state index contributed by atoms with van der Waals surface area (Å²) < 4.78 is 13.1. The van der Waals surface area contributed by atoms with Crippen LogP contribution >= 0.6 is 11.6 Å². The maximum atomic E-state index is 13.1. The lowest BCUT2D eigenvalue weighted by Gasteiger charge is -2.41. The fraction of sp³-hybridized carbons (Fsp3) is 0.500. The zero-order chi connectivity index (χ0) is 11.6. The first-order valence-electron chi connectivity index (χ1n) is 5.44. The van der Waals surface area contributed by atoms with Crippen molar-refractivity contribution in [3.63, 3.8) is 0 Å². The van der Waals surface area contributed by atoms with Gasteiger partial charge in [-0.3, -0.25) is 0 Å². The largest absolute Gasteiger partial charge is 0.394 e. The maximum absolute atomic E-state index is 13.1. The molecule has 1 aromatic rings. The fourth-order valence-corrected chi connectivity index (χ4v) is 2.24. The molecule has 0 saturated heterocycles. The molecule has 1 aromatic carbocycles. The number of hydrogen-bond acceptors (Lipinski definition) is 2. The molecule has 0 amide bonds. The molecule has 0 spiro atoms. The second-order valence-corrected chi connectivity index (χ2v) is 4.86. The third-order valence-corrected chi connectivity index (χ3v) is 3.42. The predicted octanol–water partition coefficient (Wildman–Crippen LogP) is 2.48. The molecule has 2 nitrogen and oxygen atoms in total. The summed E-state index contributed by atoms with van der Waals surface area (Å²) in [5.74, 6) is -0.323. The van der Waals surface area contributed by atoms with Crippen LogP contribution in [0.2, 0.25) is 5.02 Å². The van der Waals surface area contributed by atoms with Crippen molar-refractivity contribution in [2.24, 2.45) is 0 Å². The summed E-state index contributed by atoms with van der Waals surface area (Å²) in [5, 5.41) is 12.9. The van der Waals surface area contributed by atoms with Crippen molar-refractivity contribution < 1.29 is 9.50 Å². The van der Waals surface area contributed by atoms with E-state index in [9.17, 15) is 9.50 Å². The van der Waals surface area contributed by atoms with E-state index in [0.717, 1.165) is 24.8 Å². The number of rotatable bonds is 4. The van der Waals surface area contributed by atoms with Gasteiger partial charge in [-0.25, -0.2) is 4.39 Å². The molecule has 0 unspecified atom stereocenters. The van der Waals surface area contributed by atoms with Crippen molar-refractivity contribution in [1.82, 2.24) is 5.32 Å². The first kappa shape index (κ1) is 11.8. The lowest BCUT2D eigenvalue weighted by molar-refractivity contribution is 0.0872. The molecule has 1 saturated carbocycles. The van der Waals surface area contributed by atoms with E-state index in [1.807, 2.05) is 0 Å². The molecule has 0 atom stereocenters. The molecule has 88 valence electrons. The third-order valence-electron chi connectivity index (χ3n) is 3.20. The van der Waals surface area contributed by atoms with Crippen LogP contribution < -0.4 is 5.32 Å². The SMILES string of the molecule is OCC1(NCc2cc(F)cc(Cl)c2)CCC1. The summed E-state index contributed by atoms with van der Waals surface area (Å²) in [7, 11) is 0. The monoisotopic (exact) mass is 243 g/mol. The van der Waals surface area contributed by atoms with Gasteiger partial charge < -0.3 is 10.4 Å². The van der Waals surface area contributed by atoms with Gasteiger partial charge in [0.25, 0.3) is 0 Å². The topological polar surface area (TPSA) is 32.3 Å². The molecular formula is C12H15ClFNO. The van der Waals surface area contributed by atoms with Crippen molar-refractivity contribution in [1.29, 1.82) is 0 Å². The minimum absolute atomic E-state index is 0.135. The number of halogens is 2. The molecule has 0 bridgehead atoms. The van der Waals surface area contributed by atoms with Gasteiger partial charge in [0, 0.05) is 17.1 Å². The number of benzene rings is 1. The van der Waals surface area contributed by atoms with Gasteiger partial charge in [-0.2, -0.15) is 0 Å². The molecule has 2 N–H and O–H groups in total. The van der Waals surface area contributed by atoms with E-state index in [4.69, 9.17) is 11.6 Å². The lowest BCUT2D eigenvalue weighted by atomic mass is 9.77. The van der Waals surface area contributed by atoms with E-state index < -0.39 is 0 Å². The third kappa shape index (κ3) is 2.54. The fourth-order valence-electron chi connectivity index (χ4n) is 2.00. The molecule has 1 aliphatic rings. The molecule has 0 heterocycles. The van der Waals surface area contributed by atoms with Gasteiger partial charge in [0.1, 0.15) is 5.82 Å². The van der Waals surface area contributed by atoms with Crippen molar-refractivity contribution in [3.05, 3.63) is 34.6 Å². The zero-order valence-electron chi connectivity index (χ0n) is 8.97. The van der Waals surface area contributed by atoms with E-state index >= 15 is 0 Å². The van der Waals surface area contributed by atoms with Crippen molar-refractivity contribution >= 4 is 11.6 Å². The van der Waals surface area contributed by atoms with Gasteiger partial charge in [0.15, 0.2) is 0 Å². The molecule has 16 heavy (non-hydrogen) atoms. The standard InChI is InChI=1S/C12H15ClFNO/c13-10-4-9(5-11(14)6-10)7-15-12(8-16)2-1-3-12/h4-6,15-16H,1-3,7-8H2. The highest BCUT2D eigenvalue weighted by atomic mass is 35.5. The number of aliphatic hydroxyl groups is 1. The minimum Gasteiger partial charge on any atom is -0.394 e. The van der Waals surface area contributed by atoms with Crippen LogP contribution in [-0.4, -0.2) is 17.3 Å². The van der Waals surface area contributed by atoms with Crippen molar-refractivity contribution in [2.75, 3.05) is 6.61 Å². The van der Waals surface area contributed by atoms with Gasteiger partial charge >= 0.3 is 0 Å². The van der Waals surface area contributed by atoms with Gasteiger partial charge in [-0.05, 0) is 43.0 Å². The second-order valence-electron chi connectivity index (χ2n) is 4.42. The minimum atomic E-state index is -0.323. The van der Waals surface area contributed by atoms with Crippen molar-refractivity contribution in [2.45, 2.75) is 31.3 Å². The molecule has 2 rings (SSSR count). The number of nitrogens with one attached hydrogen (secondary N) is 1. The summed E-state index contributed by atoms with van der Waals surface area (Å²) >= 11 is 5.76. The van der Waals surface area contributed by atoms with Gasteiger partial charge in [-0.1, -0.05) is 11.6 Å². The summed E-state index contributed by atoms with van der Waals surface area (Å²) in [6.07, 6.45) is 3.09. The van der Waals surface area contributed by atoms with E-state index in [-0.39, 0.29) is 18.0 Å². The Morgan fingerprint density at radius 1 is 1.38 bits per heavy atom. The molecule has 0 aromatic heterocycles. The van der Waals surface area contributed by atoms with Gasteiger partial charge in [0.2, 0.25) is 0 Å². The predicted molar refractivity (Wildman–Crippen MR) is 61.9 cm³/mol. The van der Waals surface area contributed by atoms with Crippen LogP contribution in [0.5, 0.6) is 0 Å². The van der Waals surface area contributed by atoms with Crippen LogP contribution in [0.15, 0.2) is 18.2 Å². The highest BCUT2D eigenvalue weighted by molar-refractivity contribution is 6.30. The molecule has 0 radical (unpaired) electrons. The van der Waals surface area contributed by atoms with Crippen molar-refractivity contribution in [3.8, 4) is 0 Å². The Morgan fingerprint density at radius 3 is 2.62 bits per heavy atom. The first-order valence-corrected chi connectivity index (χ1v) is 5.82. The molecular weight excluding hydrogens is 229 g/mol. The average molecular weight is 244 g/mol. The Hall–Kier alpha value is -0.640. The van der Waals surface area contributed by atoms with Crippen LogP contribution in [0.25, 0.3) is 0 Å². The Balaban J connectivity index is 1.98. The molecule has 1 fully saturated rings. The molecule has 4 heteroatoms. The average Bonchev–Trinajstić information content (AvgIpc) is 2.15. The van der Waals surface area contributed by atoms with Crippen LogP contribution in [0.4, 0.5) is 4.39 Å². The van der Waals surface area contributed by atoms with Crippen LogP contribution in [0, 0.1) is 5.82 Å². The summed E-state index contributed by atoms with van der Waals surface area (Å²) in [6, 6.07) is 4.49. The van der Waals surface area contributed by atoms with Gasteiger partial charge in [0.05, 0.1) is 6.61 Å². The first-order chi connectivity index (χ1) is 7.63. The quantitative estimate of drug-likeness (QED) is 0.852. The number of aliphatic hydroxyl groups excluding tert-OH is 1. The molecule has 1 aliphatic carbocycles. The summed E-state index contributed by atoms with van der Waals surface area (Å²) in [4.78, 5) is 0. The zero-order valence-corrected chi connectivity index (χ0v) is 9.73. The Labute approximate surface area is 99.4 Å². The lowest BCUT2D eigenvalue weighted by Crippen LogP contribution is -2.53. The Morgan fingerprint density at radius 2 is 2.12 bits per heavy atom. The summed E-state index contributed by atoms with van der Waals surface area (Å²) in [5.41, 5.74) is 0.656. The van der Waals surface area contributed by atoms with E-state index in [2.05, 4.69) is 5.32 Å². The van der Waals surface area contributed by atoms with E-state index in [1.54, 1.807) is 6.07 Å². The van der Waals surface area contributed by atoms with Gasteiger partial charge in [-0.15, -0.1) is 0 Å². The smallest absolute Gasteiger partial charge is 0.125 e. The Kier molecular flexibility index (Phi) is 3.47. The van der Waals surface area contributed by atoms with Crippen LogP contribution in [0.1, 0.15) is 24.8 Å². The van der Waals surface area contributed by atoms with Crippen LogP contribution in [0.3, 0.4) is 0 Å². The van der Waals surface area contributed by atoms with Crippen LogP contribution in [-0.2, 0) is 6.54 Å². The second kappa shape index (κ2) is 4.70. The molecule has 0 aliphatic heterocycles. The maximum Gasteiger partial charge on any atom is 0.125 e. The van der Waals surface area contributed by atoms with E-state index in [1.165, 1.54) is 12.1 Å².